The maximum Gasteiger partial charge on any atom is 0.213 e. The van der Waals surface area contributed by atoms with Gasteiger partial charge in [-0.1, -0.05) is 18.2 Å². The third-order valence-electron chi connectivity index (χ3n) is 3.21. The maximum atomic E-state index is 11.6. The zero-order valence-electron chi connectivity index (χ0n) is 10.7. The van der Waals surface area contributed by atoms with Crippen molar-refractivity contribution in [3.8, 4) is 0 Å². The van der Waals surface area contributed by atoms with E-state index in [2.05, 4.69) is 11.1 Å². The van der Waals surface area contributed by atoms with Crippen LogP contribution in [-0.2, 0) is 16.4 Å². The number of aromatic nitrogens is 1. The molecule has 18 heavy (non-hydrogen) atoms. The highest BCUT2D eigenvalue weighted by Crippen LogP contribution is 2.18. The van der Waals surface area contributed by atoms with Gasteiger partial charge >= 0.3 is 0 Å². The van der Waals surface area contributed by atoms with Gasteiger partial charge in [0.25, 0.3) is 0 Å². The number of aromatic amines is 1. The van der Waals surface area contributed by atoms with Gasteiger partial charge in [-0.25, -0.2) is 12.7 Å². The number of nitrogens with one attached hydrogen (secondary N) is 1. The van der Waals surface area contributed by atoms with Crippen LogP contribution in [0.5, 0.6) is 0 Å². The molecular weight excluding hydrogens is 248 g/mol. The SMILES string of the molecule is CCS(=O)(=O)N(C)CCc1c[nH]c2ccccc12. The fraction of sp³-hybridized carbons (Fsp3) is 0.385. The number of rotatable bonds is 5. The molecule has 0 aliphatic rings. The first-order chi connectivity index (χ1) is 8.54. The maximum absolute atomic E-state index is 11.6. The largest absolute Gasteiger partial charge is 0.361 e. The van der Waals surface area contributed by atoms with Gasteiger partial charge in [-0.05, 0) is 25.0 Å². The Hall–Kier alpha value is -1.33. The predicted octanol–water partition coefficient (Wildman–Crippen LogP) is 1.99. The summed E-state index contributed by atoms with van der Waals surface area (Å²) in [4.78, 5) is 3.20. The zero-order valence-corrected chi connectivity index (χ0v) is 11.5. The minimum Gasteiger partial charge on any atom is -0.361 e. The van der Waals surface area contributed by atoms with Crippen LogP contribution >= 0.6 is 0 Å². The molecular formula is C13H18N2O2S. The molecule has 0 aliphatic carbocycles. The predicted molar refractivity (Wildman–Crippen MR) is 74.1 cm³/mol. The first kappa shape index (κ1) is 13.1. The molecule has 0 saturated heterocycles. The van der Waals surface area contributed by atoms with Gasteiger partial charge in [0, 0.05) is 30.7 Å². The van der Waals surface area contributed by atoms with Crippen LogP contribution in [0.2, 0.25) is 0 Å². The van der Waals surface area contributed by atoms with Gasteiger partial charge < -0.3 is 4.98 Å². The quantitative estimate of drug-likeness (QED) is 0.900. The normalized spacial score (nSPS) is 12.4. The van der Waals surface area contributed by atoms with Crippen molar-refractivity contribution >= 4 is 20.9 Å². The number of hydrogen-bond acceptors (Lipinski definition) is 2. The Bertz CT molecular complexity index is 631. The second-order valence-electron chi connectivity index (χ2n) is 4.33. The highest BCUT2D eigenvalue weighted by Gasteiger charge is 2.15. The lowest BCUT2D eigenvalue weighted by Gasteiger charge is -2.15. The van der Waals surface area contributed by atoms with Gasteiger partial charge in [0.2, 0.25) is 10.0 Å². The second kappa shape index (κ2) is 5.12. The molecule has 0 aliphatic heterocycles. The fourth-order valence-corrected chi connectivity index (χ4v) is 2.79. The lowest BCUT2D eigenvalue weighted by atomic mass is 10.1. The third kappa shape index (κ3) is 2.57. The number of H-pyrrole nitrogens is 1. The van der Waals surface area contributed by atoms with Crippen molar-refractivity contribution in [3.05, 3.63) is 36.0 Å². The van der Waals surface area contributed by atoms with Crippen LogP contribution in [0.4, 0.5) is 0 Å². The third-order valence-corrected chi connectivity index (χ3v) is 5.07. The monoisotopic (exact) mass is 266 g/mol. The first-order valence-electron chi connectivity index (χ1n) is 6.03. The molecule has 0 radical (unpaired) electrons. The van der Waals surface area contributed by atoms with Crippen molar-refractivity contribution in [2.45, 2.75) is 13.3 Å². The summed E-state index contributed by atoms with van der Waals surface area (Å²) < 4.78 is 24.7. The molecule has 1 aromatic carbocycles. The summed E-state index contributed by atoms with van der Waals surface area (Å²) in [5, 5.41) is 1.17. The zero-order chi connectivity index (χ0) is 13.2. The van der Waals surface area contributed by atoms with Crippen molar-refractivity contribution in [1.29, 1.82) is 0 Å². The van der Waals surface area contributed by atoms with Gasteiger partial charge in [-0.3, -0.25) is 0 Å². The summed E-state index contributed by atoms with van der Waals surface area (Å²) >= 11 is 0. The molecule has 2 aromatic rings. The summed E-state index contributed by atoms with van der Waals surface area (Å²) in [5.41, 5.74) is 2.25. The molecule has 0 fully saturated rings. The van der Waals surface area contributed by atoms with Crippen molar-refractivity contribution < 1.29 is 8.42 Å². The van der Waals surface area contributed by atoms with Gasteiger partial charge in [0.1, 0.15) is 0 Å². The van der Waals surface area contributed by atoms with Crippen LogP contribution in [0.15, 0.2) is 30.5 Å². The summed E-state index contributed by atoms with van der Waals surface area (Å²) in [5.74, 6) is 0.150. The Morgan fingerprint density at radius 3 is 2.72 bits per heavy atom. The number of para-hydroxylation sites is 1. The average molecular weight is 266 g/mol. The number of nitrogens with zero attached hydrogens (tertiary/aromatic N) is 1. The molecule has 5 heteroatoms. The molecule has 0 unspecified atom stereocenters. The van der Waals surface area contributed by atoms with Crippen LogP contribution in [0.3, 0.4) is 0 Å². The summed E-state index contributed by atoms with van der Waals surface area (Å²) in [6, 6.07) is 8.04. The minimum absolute atomic E-state index is 0.150. The highest BCUT2D eigenvalue weighted by molar-refractivity contribution is 7.89. The van der Waals surface area contributed by atoms with Crippen LogP contribution in [0.25, 0.3) is 10.9 Å². The van der Waals surface area contributed by atoms with E-state index in [0.29, 0.717) is 6.54 Å². The van der Waals surface area contributed by atoms with Crippen molar-refractivity contribution in [1.82, 2.24) is 9.29 Å². The number of fused-ring (bicyclic) bond motifs is 1. The summed E-state index contributed by atoms with van der Waals surface area (Å²) in [6.07, 6.45) is 2.68. The Balaban J connectivity index is 2.11. The number of likely N-dealkylation sites (N-methyl/N-ethyl adjacent to an activating group) is 1. The fourth-order valence-electron chi connectivity index (χ4n) is 1.98. The smallest absolute Gasteiger partial charge is 0.213 e. The minimum atomic E-state index is -3.08. The number of hydrogen-bond donors (Lipinski definition) is 1. The Morgan fingerprint density at radius 2 is 2.00 bits per heavy atom. The number of benzene rings is 1. The summed E-state index contributed by atoms with van der Waals surface area (Å²) in [6.45, 7) is 2.18. The molecule has 4 nitrogen and oxygen atoms in total. The van der Waals surface area contributed by atoms with Gasteiger partial charge in [-0.2, -0.15) is 0 Å². The Kier molecular flexibility index (Phi) is 3.73. The van der Waals surface area contributed by atoms with Gasteiger partial charge in [-0.15, -0.1) is 0 Å². The first-order valence-corrected chi connectivity index (χ1v) is 7.64. The number of sulfonamides is 1. The molecule has 1 N–H and O–H groups in total. The molecule has 0 bridgehead atoms. The highest BCUT2D eigenvalue weighted by atomic mass is 32.2. The van der Waals surface area contributed by atoms with Gasteiger partial charge in [0.05, 0.1) is 5.75 Å². The molecule has 0 saturated carbocycles. The molecule has 0 spiro atoms. The summed E-state index contributed by atoms with van der Waals surface area (Å²) in [7, 11) is -1.45. The lowest BCUT2D eigenvalue weighted by molar-refractivity contribution is 0.474. The van der Waals surface area contributed by atoms with E-state index in [1.54, 1.807) is 14.0 Å². The van der Waals surface area contributed by atoms with E-state index in [9.17, 15) is 8.42 Å². The van der Waals surface area contributed by atoms with Crippen molar-refractivity contribution in [2.75, 3.05) is 19.3 Å². The van der Waals surface area contributed by atoms with E-state index in [0.717, 1.165) is 17.5 Å². The van der Waals surface area contributed by atoms with Crippen molar-refractivity contribution in [2.24, 2.45) is 0 Å². The molecule has 98 valence electrons. The molecule has 1 heterocycles. The van der Waals surface area contributed by atoms with Crippen LogP contribution in [0, 0.1) is 0 Å². The standard InChI is InChI=1S/C13H18N2O2S/c1-3-18(16,17)15(2)9-8-11-10-14-13-7-5-4-6-12(11)13/h4-7,10,14H,3,8-9H2,1-2H3. The van der Waals surface area contributed by atoms with E-state index in [-0.39, 0.29) is 5.75 Å². The van der Waals surface area contributed by atoms with Crippen LogP contribution in [0.1, 0.15) is 12.5 Å². The van der Waals surface area contributed by atoms with Crippen molar-refractivity contribution in [3.63, 3.8) is 0 Å². The van der Waals surface area contributed by atoms with E-state index in [1.165, 1.54) is 9.69 Å². The second-order valence-corrected chi connectivity index (χ2v) is 6.70. The van der Waals surface area contributed by atoms with Gasteiger partial charge in [0.15, 0.2) is 0 Å². The Morgan fingerprint density at radius 1 is 1.28 bits per heavy atom. The van der Waals surface area contributed by atoms with E-state index in [1.807, 2.05) is 24.4 Å². The van der Waals surface area contributed by atoms with Crippen LogP contribution in [-0.4, -0.2) is 37.1 Å². The molecule has 2 rings (SSSR count). The topological polar surface area (TPSA) is 53.2 Å². The lowest BCUT2D eigenvalue weighted by Crippen LogP contribution is -2.30. The van der Waals surface area contributed by atoms with E-state index < -0.39 is 10.0 Å². The Labute approximate surface area is 108 Å². The van der Waals surface area contributed by atoms with E-state index in [4.69, 9.17) is 0 Å². The average Bonchev–Trinajstić information content (AvgIpc) is 2.79. The molecule has 1 aromatic heterocycles. The molecule has 0 amide bonds. The molecule has 0 atom stereocenters. The van der Waals surface area contributed by atoms with E-state index >= 15 is 0 Å². The van der Waals surface area contributed by atoms with Crippen LogP contribution < -0.4 is 0 Å².